The van der Waals surface area contributed by atoms with Crippen LogP contribution in [0.1, 0.15) is 38.8 Å². The molecular weight excluding hydrogens is 654 g/mol. The van der Waals surface area contributed by atoms with Crippen molar-refractivity contribution in [2.24, 2.45) is 0 Å². The van der Waals surface area contributed by atoms with Crippen LogP contribution in [0.2, 0.25) is 0 Å². The average molecular weight is 680 g/mol. The summed E-state index contributed by atoms with van der Waals surface area (Å²) in [5.74, 6) is 1.46. The van der Waals surface area contributed by atoms with Gasteiger partial charge >= 0.3 is 0 Å². The minimum absolute atomic E-state index is 0. The Kier molecular flexibility index (Phi) is 9.81. The Bertz CT molecular complexity index is 1070. The topological polar surface area (TPSA) is 97.3 Å². The number of benzene rings is 1. The number of rotatable bonds is 4. The summed E-state index contributed by atoms with van der Waals surface area (Å²) in [6.45, 7) is 6.77. The predicted octanol–water partition coefficient (Wildman–Crippen LogP) is 4.82. The van der Waals surface area contributed by atoms with E-state index in [0.717, 1.165) is 46.2 Å². The van der Waals surface area contributed by atoms with Crippen molar-refractivity contribution in [2.75, 3.05) is 18.0 Å². The molecule has 1 N–H and O–H groups in total. The van der Waals surface area contributed by atoms with E-state index in [9.17, 15) is 4.79 Å². The molecule has 0 atom stereocenters. The zero-order chi connectivity index (χ0) is 22.4. The van der Waals surface area contributed by atoms with Gasteiger partial charge in [-0.05, 0) is 40.0 Å². The van der Waals surface area contributed by atoms with Gasteiger partial charge in [-0.25, -0.2) is 0 Å². The summed E-state index contributed by atoms with van der Waals surface area (Å²) in [5, 5.41) is 20.9. The van der Waals surface area contributed by atoms with Gasteiger partial charge < -0.3 is 19.1 Å². The molecule has 32 heavy (non-hydrogen) atoms. The second-order valence-corrected chi connectivity index (χ2v) is 8.23. The van der Waals surface area contributed by atoms with Crippen LogP contribution in [0, 0.1) is 13.0 Å². The first kappa shape index (κ1) is 26.0. The third-order valence-corrected chi connectivity index (χ3v) is 5.16. The summed E-state index contributed by atoms with van der Waals surface area (Å²) in [6.07, 6.45) is 6.49. The van der Waals surface area contributed by atoms with E-state index < -0.39 is 0 Å². The molecule has 1 aliphatic heterocycles. The summed E-state index contributed by atoms with van der Waals surface area (Å²) in [5.41, 5.74) is 2.60. The molecule has 4 rings (SSSR count). The number of carbonyl (C=O) groups is 1. The van der Waals surface area contributed by atoms with Crippen LogP contribution >= 0.6 is 15.9 Å². The molecule has 0 aliphatic carbocycles. The number of nitrogens with zero attached hydrogens (tertiary/aromatic N) is 5. The number of ketones is 1. The Labute approximate surface area is 209 Å². The van der Waals surface area contributed by atoms with Gasteiger partial charge in [0.25, 0.3) is 5.88 Å². The summed E-state index contributed by atoms with van der Waals surface area (Å²) in [4.78, 5) is 12.3. The van der Waals surface area contributed by atoms with Gasteiger partial charge in [0.1, 0.15) is 17.7 Å². The molecule has 173 valence electrons. The molecule has 1 aliphatic rings. The van der Waals surface area contributed by atoms with Gasteiger partial charge in [-0.3, -0.25) is 4.79 Å². The SMILES string of the molecule is CC(=O)/C=C(/C)O.Cc1noc(N2CCCCC2)c1-n1cnnc1-c1[c-]ccc(Br)c1.[Ir]. The van der Waals surface area contributed by atoms with E-state index in [1.165, 1.54) is 39.2 Å². The number of hydrogen-bond donors (Lipinski definition) is 1. The quantitative estimate of drug-likeness (QED) is 0.240. The van der Waals surface area contributed by atoms with Crippen molar-refractivity contribution in [1.82, 2.24) is 19.9 Å². The fourth-order valence-corrected chi connectivity index (χ4v) is 3.74. The van der Waals surface area contributed by atoms with Crippen molar-refractivity contribution in [3.63, 3.8) is 0 Å². The fraction of sp³-hybridized carbons (Fsp3) is 0.364. The number of halogens is 1. The molecular formula is C22H25BrIrN5O3-. The molecule has 1 fully saturated rings. The molecule has 1 radical (unpaired) electrons. The van der Waals surface area contributed by atoms with Crippen LogP contribution in [0.15, 0.2) is 45.4 Å². The van der Waals surface area contributed by atoms with Gasteiger partial charge in [0, 0.05) is 39.3 Å². The zero-order valence-corrected chi connectivity index (χ0v) is 22.1. The Hall–Kier alpha value is -2.29. The Morgan fingerprint density at radius 2 is 2.00 bits per heavy atom. The molecule has 0 bridgehead atoms. The van der Waals surface area contributed by atoms with E-state index in [1.54, 1.807) is 6.33 Å². The summed E-state index contributed by atoms with van der Waals surface area (Å²) < 4.78 is 8.57. The predicted molar refractivity (Wildman–Crippen MR) is 121 cm³/mol. The molecule has 3 aromatic rings. The Morgan fingerprint density at radius 1 is 1.28 bits per heavy atom. The maximum absolute atomic E-state index is 10.0. The van der Waals surface area contributed by atoms with Crippen molar-refractivity contribution in [1.29, 1.82) is 0 Å². The second kappa shape index (κ2) is 12.1. The molecule has 2 aromatic heterocycles. The number of aliphatic hydroxyl groups is 1. The average Bonchev–Trinajstić information content (AvgIpc) is 3.34. The number of aromatic nitrogens is 4. The summed E-state index contributed by atoms with van der Waals surface area (Å²) >= 11 is 3.50. The first-order chi connectivity index (χ1) is 14.9. The maximum atomic E-state index is 10.0. The van der Waals surface area contributed by atoms with Crippen molar-refractivity contribution in [3.05, 3.63) is 52.6 Å². The number of aryl methyl sites for hydroxylation is 1. The van der Waals surface area contributed by atoms with Crippen LogP contribution in [0.3, 0.4) is 0 Å². The van der Waals surface area contributed by atoms with E-state index >= 15 is 0 Å². The molecule has 0 spiro atoms. The van der Waals surface area contributed by atoms with Crippen LogP contribution in [-0.2, 0) is 24.9 Å². The second-order valence-electron chi connectivity index (χ2n) is 7.31. The Balaban J connectivity index is 0.000000398. The smallest absolute Gasteiger partial charge is 0.251 e. The largest absolute Gasteiger partial charge is 0.512 e. The van der Waals surface area contributed by atoms with E-state index in [4.69, 9.17) is 9.63 Å². The zero-order valence-electron chi connectivity index (χ0n) is 18.1. The van der Waals surface area contributed by atoms with Crippen LogP contribution in [0.4, 0.5) is 5.88 Å². The first-order valence-corrected chi connectivity index (χ1v) is 10.8. The maximum Gasteiger partial charge on any atom is 0.251 e. The van der Waals surface area contributed by atoms with Crippen LogP contribution < -0.4 is 4.90 Å². The molecule has 0 amide bonds. The van der Waals surface area contributed by atoms with Crippen molar-refractivity contribution in [3.8, 4) is 17.1 Å². The van der Waals surface area contributed by atoms with Crippen molar-refractivity contribution in [2.45, 2.75) is 40.0 Å². The number of anilines is 1. The van der Waals surface area contributed by atoms with Gasteiger partial charge in [-0.1, -0.05) is 25.6 Å². The van der Waals surface area contributed by atoms with Crippen molar-refractivity contribution < 1.29 is 34.5 Å². The fourth-order valence-electron chi connectivity index (χ4n) is 3.38. The van der Waals surface area contributed by atoms with Gasteiger partial charge in [0.2, 0.25) is 0 Å². The summed E-state index contributed by atoms with van der Waals surface area (Å²) in [6, 6.07) is 8.99. The first-order valence-electron chi connectivity index (χ1n) is 10.0. The molecule has 8 nitrogen and oxygen atoms in total. The van der Waals surface area contributed by atoms with Crippen LogP contribution in [0.5, 0.6) is 0 Å². The monoisotopic (exact) mass is 679 g/mol. The Morgan fingerprint density at radius 3 is 2.59 bits per heavy atom. The van der Waals surface area contributed by atoms with E-state index in [2.05, 4.69) is 42.3 Å². The number of piperidine rings is 1. The normalized spacial score (nSPS) is 13.8. The number of allylic oxidation sites excluding steroid dienone is 2. The molecule has 1 saturated heterocycles. The molecule has 0 saturated carbocycles. The van der Waals surface area contributed by atoms with Crippen LogP contribution in [-0.4, -0.2) is 43.9 Å². The summed E-state index contributed by atoms with van der Waals surface area (Å²) in [7, 11) is 0. The van der Waals surface area contributed by atoms with E-state index in [1.807, 2.05) is 29.7 Å². The van der Waals surface area contributed by atoms with E-state index in [0.29, 0.717) is 0 Å². The number of aliphatic hydroxyl groups excluding tert-OH is 1. The van der Waals surface area contributed by atoms with Crippen molar-refractivity contribution >= 4 is 27.6 Å². The minimum atomic E-state index is -0.125. The standard InChI is InChI=1S/C17H17BrN5O.C5H8O2.Ir/c1-12-15(17(24-21-12)22-8-3-2-4-9-22)23-11-19-20-16(23)13-6-5-7-14(18)10-13;1-4(6)3-5(2)7;/h5,7,10-11H,2-4,8-9H2,1H3;3,6H,1-2H3;/q-1;;/b;4-3-;. The van der Waals surface area contributed by atoms with E-state index in [-0.39, 0.29) is 31.6 Å². The van der Waals surface area contributed by atoms with Crippen LogP contribution in [0.25, 0.3) is 17.1 Å². The third-order valence-electron chi connectivity index (χ3n) is 4.66. The molecule has 10 heteroatoms. The molecule has 1 aromatic carbocycles. The number of carbonyl (C=O) groups excluding carboxylic acids is 1. The van der Waals surface area contributed by atoms with Gasteiger partial charge in [-0.2, -0.15) is 5.10 Å². The van der Waals surface area contributed by atoms with Gasteiger partial charge in [-0.15, -0.1) is 34.9 Å². The van der Waals surface area contributed by atoms with Gasteiger partial charge in [0.15, 0.2) is 5.78 Å². The molecule has 0 unspecified atom stereocenters. The number of hydrogen-bond acceptors (Lipinski definition) is 7. The molecule has 3 heterocycles. The minimum Gasteiger partial charge on any atom is -0.512 e. The third kappa shape index (κ3) is 6.60. The van der Waals surface area contributed by atoms with Gasteiger partial charge in [0.05, 0.1) is 11.6 Å².